The molecule has 0 spiro atoms. The fraction of sp³-hybridized carbons (Fsp3) is 0.938. The zero-order chi connectivity index (χ0) is 29.7. The molecule has 0 N–H and O–H groups in total. The summed E-state index contributed by atoms with van der Waals surface area (Å²) >= 11 is 0. The number of unbranched alkanes of at least 4 members (excludes halogenated alkanes) is 22. The minimum atomic E-state index is -5.01. The van der Waals surface area contributed by atoms with E-state index in [1.807, 2.05) is 0 Å². The summed E-state index contributed by atoms with van der Waals surface area (Å²) in [6.07, 6.45) is 27.4. The van der Waals surface area contributed by atoms with Crippen LogP contribution < -0.4 is 0 Å². The number of ether oxygens (including phenoxy) is 2. The van der Waals surface area contributed by atoms with Crippen LogP contribution in [0.4, 0.5) is 0 Å². The predicted octanol–water partition coefficient (Wildman–Crippen LogP) is 8.78. The number of hydrogen-bond acceptors (Lipinski definition) is 7. The summed E-state index contributed by atoms with van der Waals surface area (Å²) in [6, 6.07) is 0. The van der Waals surface area contributed by atoms with Crippen LogP contribution in [0.2, 0.25) is 0 Å². The van der Waals surface area contributed by atoms with Crippen molar-refractivity contribution in [1.82, 2.24) is 0 Å². The highest BCUT2D eigenvalue weighted by Crippen LogP contribution is 2.14. The van der Waals surface area contributed by atoms with Gasteiger partial charge in [0.25, 0.3) is 0 Å². The van der Waals surface area contributed by atoms with Gasteiger partial charge in [-0.2, -0.15) is 0 Å². The molecule has 1 unspecified atom stereocenters. The fourth-order valence-corrected chi connectivity index (χ4v) is 5.50. The molecule has 40 heavy (non-hydrogen) atoms. The molecule has 0 amide bonds. The minimum Gasteiger partial charge on any atom is -0.747 e. The van der Waals surface area contributed by atoms with Crippen LogP contribution in [-0.4, -0.2) is 43.4 Å². The van der Waals surface area contributed by atoms with Crippen molar-refractivity contribution in [2.75, 3.05) is 13.2 Å². The van der Waals surface area contributed by atoms with Crippen LogP contribution in [0.25, 0.3) is 0 Å². The summed E-state index contributed by atoms with van der Waals surface area (Å²) in [5.74, 6) is -2.00. The van der Waals surface area contributed by atoms with Gasteiger partial charge in [0.15, 0.2) is 5.25 Å². The maximum atomic E-state index is 12.2. The third-order valence-electron chi connectivity index (χ3n) is 7.47. The van der Waals surface area contributed by atoms with E-state index >= 15 is 0 Å². The molecule has 0 aliphatic heterocycles. The normalized spacial score (nSPS) is 12.4. The summed E-state index contributed by atoms with van der Waals surface area (Å²) in [7, 11) is -5.01. The molecule has 7 nitrogen and oxygen atoms in total. The van der Waals surface area contributed by atoms with Crippen molar-refractivity contribution in [3.8, 4) is 0 Å². The molecule has 0 aromatic rings. The SMILES string of the molecule is CCCCCCCCCCCCCCOC(=O)CC(C(=O)OCCCCCCCCCCCCCC)S(=O)(=O)[O-]. The topological polar surface area (TPSA) is 110 Å². The molecule has 0 radical (unpaired) electrons. The van der Waals surface area contributed by atoms with Crippen LogP contribution in [0.3, 0.4) is 0 Å². The van der Waals surface area contributed by atoms with E-state index < -0.39 is 33.7 Å². The second-order valence-corrected chi connectivity index (χ2v) is 12.9. The Hall–Kier alpha value is -1.15. The Labute approximate surface area is 246 Å². The third-order valence-corrected chi connectivity index (χ3v) is 8.52. The average molecular weight is 590 g/mol. The predicted molar refractivity (Wildman–Crippen MR) is 162 cm³/mol. The van der Waals surface area contributed by atoms with Crippen LogP contribution in [-0.2, 0) is 29.2 Å². The van der Waals surface area contributed by atoms with Crippen molar-refractivity contribution in [1.29, 1.82) is 0 Å². The van der Waals surface area contributed by atoms with Crippen molar-refractivity contribution >= 4 is 22.1 Å². The van der Waals surface area contributed by atoms with E-state index in [0.717, 1.165) is 38.5 Å². The first-order valence-electron chi connectivity index (χ1n) is 16.6. The van der Waals surface area contributed by atoms with E-state index in [0.29, 0.717) is 12.8 Å². The van der Waals surface area contributed by atoms with E-state index in [4.69, 9.17) is 9.47 Å². The summed E-state index contributed by atoms with van der Waals surface area (Å²) in [5.41, 5.74) is 0. The average Bonchev–Trinajstić information content (AvgIpc) is 2.91. The highest BCUT2D eigenvalue weighted by Gasteiger charge is 2.30. The van der Waals surface area contributed by atoms with Crippen LogP contribution in [0.1, 0.15) is 174 Å². The molecule has 238 valence electrons. The maximum Gasteiger partial charge on any atom is 0.323 e. The molecule has 0 fully saturated rings. The Morgan fingerprint density at radius 1 is 0.525 bits per heavy atom. The van der Waals surface area contributed by atoms with Gasteiger partial charge >= 0.3 is 11.9 Å². The first-order valence-corrected chi connectivity index (χ1v) is 18.1. The Morgan fingerprint density at radius 3 is 1.15 bits per heavy atom. The molecule has 0 aromatic heterocycles. The highest BCUT2D eigenvalue weighted by molar-refractivity contribution is 7.87. The van der Waals surface area contributed by atoms with Gasteiger partial charge in [0.1, 0.15) is 10.1 Å². The van der Waals surface area contributed by atoms with Gasteiger partial charge in [0.2, 0.25) is 0 Å². The van der Waals surface area contributed by atoms with Gasteiger partial charge in [-0.3, -0.25) is 9.59 Å². The fourth-order valence-electron chi connectivity index (χ4n) is 4.85. The van der Waals surface area contributed by atoms with Crippen molar-refractivity contribution in [3.63, 3.8) is 0 Å². The third kappa shape index (κ3) is 25.8. The summed E-state index contributed by atoms with van der Waals surface area (Å²) in [4.78, 5) is 24.3. The standard InChI is InChI=1S/C32H62O7S/c1-3-5-7-9-11-13-15-17-19-21-23-25-27-38-31(33)29-30(40(35,36)37)32(34)39-28-26-24-22-20-18-16-14-12-10-8-6-4-2/h30H,3-29H2,1-2H3,(H,35,36,37)/p-1. The summed E-state index contributed by atoms with van der Waals surface area (Å²) in [5, 5.41) is -2.04. The van der Waals surface area contributed by atoms with Crippen molar-refractivity contribution in [2.24, 2.45) is 0 Å². The highest BCUT2D eigenvalue weighted by atomic mass is 32.2. The first kappa shape index (κ1) is 38.9. The zero-order valence-corrected chi connectivity index (χ0v) is 26.8. The molecule has 0 saturated carbocycles. The Kier molecular flexibility index (Phi) is 27.2. The van der Waals surface area contributed by atoms with Gasteiger partial charge in [-0.1, -0.05) is 155 Å². The summed E-state index contributed by atoms with van der Waals surface area (Å²) < 4.78 is 44.8. The Morgan fingerprint density at radius 2 is 0.825 bits per heavy atom. The lowest BCUT2D eigenvalue weighted by Crippen LogP contribution is -2.34. The van der Waals surface area contributed by atoms with Gasteiger partial charge in [-0.15, -0.1) is 0 Å². The number of carbonyl (C=O) groups excluding carboxylic acids is 2. The second-order valence-electron chi connectivity index (χ2n) is 11.4. The van der Waals surface area contributed by atoms with Crippen LogP contribution >= 0.6 is 0 Å². The molecular weight excluding hydrogens is 528 g/mol. The van der Waals surface area contributed by atoms with E-state index in [1.165, 1.54) is 103 Å². The number of esters is 2. The number of rotatable bonds is 30. The van der Waals surface area contributed by atoms with Crippen molar-refractivity contribution in [2.45, 2.75) is 180 Å². The van der Waals surface area contributed by atoms with Crippen LogP contribution in [0, 0.1) is 0 Å². The molecule has 0 aliphatic rings. The minimum absolute atomic E-state index is 0.0518. The lowest BCUT2D eigenvalue weighted by Gasteiger charge is -2.18. The van der Waals surface area contributed by atoms with Gasteiger partial charge in [-0.05, 0) is 12.8 Å². The molecule has 0 saturated heterocycles. The monoisotopic (exact) mass is 589 g/mol. The Balaban J connectivity index is 3.84. The van der Waals surface area contributed by atoms with Gasteiger partial charge < -0.3 is 14.0 Å². The molecule has 0 rings (SSSR count). The van der Waals surface area contributed by atoms with E-state index in [2.05, 4.69) is 13.8 Å². The molecule has 0 aromatic carbocycles. The molecule has 1 atom stereocenters. The number of hydrogen-bond donors (Lipinski definition) is 0. The zero-order valence-electron chi connectivity index (χ0n) is 25.9. The maximum absolute atomic E-state index is 12.2. The molecular formula is C32H61O7S-. The smallest absolute Gasteiger partial charge is 0.323 e. The quantitative estimate of drug-likeness (QED) is 0.0468. The van der Waals surface area contributed by atoms with E-state index in [1.54, 1.807) is 0 Å². The van der Waals surface area contributed by atoms with Gasteiger partial charge in [0.05, 0.1) is 19.6 Å². The molecule has 0 bridgehead atoms. The number of carbonyl (C=O) groups is 2. The van der Waals surface area contributed by atoms with Crippen LogP contribution in [0.15, 0.2) is 0 Å². The van der Waals surface area contributed by atoms with Crippen LogP contribution in [0.5, 0.6) is 0 Å². The lowest BCUT2D eigenvalue weighted by atomic mass is 10.1. The van der Waals surface area contributed by atoms with Gasteiger partial charge in [0, 0.05) is 0 Å². The molecule has 0 aliphatic carbocycles. The lowest BCUT2D eigenvalue weighted by molar-refractivity contribution is -0.150. The second kappa shape index (κ2) is 28.0. The van der Waals surface area contributed by atoms with E-state index in [9.17, 15) is 22.6 Å². The molecule has 8 heteroatoms. The molecule has 0 heterocycles. The summed E-state index contributed by atoms with van der Waals surface area (Å²) in [6.45, 7) is 4.67. The largest absolute Gasteiger partial charge is 0.747 e. The van der Waals surface area contributed by atoms with Crippen molar-refractivity contribution < 1.29 is 32.0 Å². The first-order chi connectivity index (χ1) is 19.3. The van der Waals surface area contributed by atoms with Gasteiger partial charge in [-0.25, -0.2) is 8.42 Å². The Bertz CT molecular complexity index is 693. The van der Waals surface area contributed by atoms with E-state index in [-0.39, 0.29) is 13.2 Å². The van der Waals surface area contributed by atoms with Crippen molar-refractivity contribution in [3.05, 3.63) is 0 Å².